The molecule has 10 rings (SSSR count). The Bertz CT molecular complexity index is 3980. The summed E-state index contributed by atoms with van der Waals surface area (Å²) in [6.45, 7) is 10.1. The number of hydrogen-bond acceptors (Lipinski definition) is 16. The van der Waals surface area contributed by atoms with E-state index >= 15 is 0 Å². The van der Waals surface area contributed by atoms with Gasteiger partial charge in [0.1, 0.15) is 39.7 Å². The van der Waals surface area contributed by atoms with Crippen LogP contribution in [0.4, 0.5) is 11.4 Å². The average Bonchev–Trinajstić information content (AvgIpc) is 3.93. The summed E-state index contributed by atoms with van der Waals surface area (Å²) in [7, 11) is -11.4. The number of fused-ring (bicyclic) bond motifs is 3. The van der Waals surface area contributed by atoms with Crippen LogP contribution in [0.3, 0.4) is 0 Å². The molecule has 4 heterocycles. The molecule has 0 radical (unpaired) electrons. The summed E-state index contributed by atoms with van der Waals surface area (Å²) in [5, 5.41) is 34.8. The summed E-state index contributed by atoms with van der Waals surface area (Å²) in [4.78, 5) is 46.1. The van der Waals surface area contributed by atoms with Gasteiger partial charge in [0.15, 0.2) is 28.0 Å². The number of non-ortho nitro benzene ring substituents is 1. The van der Waals surface area contributed by atoms with Gasteiger partial charge in [-0.25, -0.2) is 25.3 Å². The predicted octanol–water partition coefficient (Wildman–Crippen LogP) is 6.16. The maximum atomic E-state index is 12.9. The number of para-hydroxylation sites is 2. The Morgan fingerprint density at radius 1 is 0.617 bits per heavy atom. The number of allylic oxidation sites excluding steroid dienone is 5. The highest BCUT2D eigenvalue weighted by molar-refractivity contribution is 7.97. The zero-order valence-corrected chi connectivity index (χ0v) is 46.6. The molecule has 0 saturated carbocycles. The van der Waals surface area contributed by atoms with E-state index in [4.69, 9.17) is 9.47 Å². The van der Waals surface area contributed by atoms with Gasteiger partial charge in [-0.3, -0.25) is 29.8 Å². The van der Waals surface area contributed by atoms with E-state index in [1.165, 1.54) is 91.0 Å². The molecular weight excluding hydrogens is 1120 g/mol. The molecule has 0 aliphatic carbocycles. The summed E-state index contributed by atoms with van der Waals surface area (Å²) < 4.78 is 87.0. The topological polar surface area (TPSA) is 271 Å². The number of halogens is 1. The van der Waals surface area contributed by atoms with Crippen LogP contribution in [0.2, 0.25) is 0 Å². The lowest BCUT2D eigenvalue weighted by atomic mass is 10.1. The van der Waals surface area contributed by atoms with Crippen molar-refractivity contribution >= 4 is 58.2 Å². The second kappa shape index (κ2) is 26.8. The number of nitro groups is 2. The zero-order chi connectivity index (χ0) is 57.8. The van der Waals surface area contributed by atoms with Gasteiger partial charge in [-0.05, 0) is 98.0 Å². The number of Topliss-reactive ketones (excluding diaryl/α,β-unsaturated/α-hetero) is 2. The standard InChI is InChI=1S/C27H18O7S2.C17H12N3O5.C8H6O3S.C6H15N.ClH/c28-26-20-10-4-6-12-22(20)35(30,31)24(26)16-14-19(34-18-8-2-1-3-9-18)15-17-25-27(29)21-11-5-7-13-23(21)36(25,32)33;21-19(22)13-6-7-16(17(12-13)20(23)24)18-10-8-15(9-11-18)25-14-4-2-1-3-5-14;9-7-5-12(10,11)8-4-2-1-3-6(7)8;1-4-7(5-2)6-3;/h1-17,28H;1-12H;1-4H,5H2;4-6H2,1-3H3;1H/q;+1;;;/p-2. The summed E-state index contributed by atoms with van der Waals surface area (Å²) >= 11 is 0. The van der Waals surface area contributed by atoms with Crippen molar-refractivity contribution in [2.45, 2.75) is 35.5 Å². The Morgan fingerprint density at radius 3 is 1.64 bits per heavy atom. The maximum absolute atomic E-state index is 12.9. The molecule has 6 aromatic carbocycles. The van der Waals surface area contributed by atoms with Crippen LogP contribution in [0.1, 0.15) is 47.1 Å². The third-order valence-electron chi connectivity index (χ3n) is 12.3. The number of ether oxygens (including phenoxy) is 2. The third-order valence-corrected chi connectivity index (χ3v) is 17.6. The van der Waals surface area contributed by atoms with Crippen LogP contribution in [-0.2, 0) is 29.5 Å². The molecule has 0 saturated heterocycles. The number of aromatic nitrogens is 1. The van der Waals surface area contributed by atoms with Crippen LogP contribution in [-0.4, -0.2) is 77.0 Å². The first kappa shape index (κ1) is 61.3. The predicted molar refractivity (Wildman–Crippen MR) is 295 cm³/mol. The number of rotatable bonds is 13. The molecule has 418 valence electrons. The lowest BCUT2D eigenvalue weighted by molar-refractivity contribution is -0.601. The molecule has 23 heteroatoms. The van der Waals surface area contributed by atoms with E-state index in [1.54, 1.807) is 85.2 Å². The van der Waals surface area contributed by atoms with Gasteiger partial charge in [-0.15, -0.1) is 0 Å². The van der Waals surface area contributed by atoms with E-state index in [2.05, 4.69) is 25.7 Å². The number of ketones is 2. The molecular formula is C58H50ClN4O15S3-. The molecule has 0 fully saturated rings. The Morgan fingerprint density at radius 2 is 1.12 bits per heavy atom. The smallest absolute Gasteiger partial charge is 0.347 e. The highest BCUT2D eigenvalue weighted by atomic mass is 35.5. The van der Waals surface area contributed by atoms with Crippen LogP contribution in [0, 0.1) is 20.2 Å². The molecule has 0 spiro atoms. The fourth-order valence-electron chi connectivity index (χ4n) is 8.14. The van der Waals surface area contributed by atoms with Crippen LogP contribution in [0.15, 0.2) is 231 Å². The summed E-state index contributed by atoms with van der Waals surface area (Å²) in [5.41, 5.74) is 0.0266. The third kappa shape index (κ3) is 14.3. The molecule has 0 bridgehead atoms. The molecule has 0 amide bonds. The Kier molecular flexibility index (Phi) is 20.3. The first-order chi connectivity index (χ1) is 38.2. The summed E-state index contributed by atoms with van der Waals surface area (Å²) in [6, 6.07) is 42.6. The van der Waals surface area contributed by atoms with E-state index in [9.17, 15) is 60.2 Å². The first-order valence-electron chi connectivity index (χ1n) is 24.4. The number of sulfone groups is 3. The Balaban J connectivity index is 0.000000202. The van der Waals surface area contributed by atoms with Gasteiger partial charge < -0.3 is 31.9 Å². The molecule has 3 aliphatic rings. The van der Waals surface area contributed by atoms with E-state index in [0.29, 0.717) is 22.8 Å². The summed E-state index contributed by atoms with van der Waals surface area (Å²) in [5.74, 6) is -0.346. The molecule has 81 heavy (non-hydrogen) atoms. The number of carbonyl (C=O) groups is 2. The minimum absolute atomic E-state index is 0. The van der Waals surface area contributed by atoms with Crippen molar-refractivity contribution in [1.82, 2.24) is 4.90 Å². The first-order valence-corrected chi connectivity index (χ1v) is 29.1. The molecule has 0 N–H and O–H groups in total. The van der Waals surface area contributed by atoms with Crippen molar-refractivity contribution in [3.8, 4) is 22.9 Å². The fourth-order valence-corrected chi connectivity index (χ4v) is 12.7. The Hall–Kier alpha value is -8.93. The van der Waals surface area contributed by atoms with Crippen molar-refractivity contribution in [1.29, 1.82) is 0 Å². The van der Waals surface area contributed by atoms with Crippen LogP contribution < -0.4 is 31.6 Å². The van der Waals surface area contributed by atoms with Gasteiger partial charge in [0, 0.05) is 35.4 Å². The van der Waals surface area contributed by atoms with Crippen LogP contribution >= 0.6 is 0 Å². The highest BCUT2D eigenvalue weighted by Crippen LogP contribution is 2.38. The molecule has 1 aromatic heterocycles. The number of carbonyl (C=O) groups excluding carboxylic acids is 2. The van der Waals surface area contributed by atoms with Gasteiger partial charge in [0.05, 0.1) is 29.4 Å². The van der Waals surface area contributed by atoms with Crippen molar-refractivity contribution in [3.63, 3.8) is 0 Å². The maximum Gasteiger partial charge on any atom is 0.347 e. The second-order valence-corrected chi connectivity index (χ2v) is 22.9. The molecule has 0 unspecified atom stereocenters. The minimum Gasteiger partial charge on any atom is -1.00 e. The van der Waals surface area contributed by atoms with Gasteiger partial charge in [0.25, 0.3) is 11.4 Å². The normalized spacial score (nSPS) is 15.4. The van der Waals surface area contributed by atoms with Crippen LogP contribution in [0.5, 0.6) is 17.2 Å². The van der Waals surface area contributed by atoms with Gasteiger partial charge in [-0.2, -0.15) is 4.57 Å². The van der Waals surface area contributed by atoms with E-state index in [-0.39, 0.29) is 72.6 Å². The van der Waals surface area contributed by atoms with E-state index in [1.807, 2.05) is 30.3 Å². The number of benzene rings is 6. The van der Waals surface area contributed by atoms with Gasteiger partial charge in [0.2, 0.25) is 25.5 Å². The Labute approximate surface area is 473 Å². The zero-order valence-electron chi connectivity index (χ0n) is 43.4. The molecule has 19 nitrogen and oxygen atoms in total. The molecule has 7 aromatic rings. The monoisotopic (exact) mass is 1170 g/mol. The SMILES string of the molecule is CCN(CC)CC.O=C1C(=CC=C(C=CC2=C([O-])c3ccccc3S2(=O)=O)Oc2ccccc2)S(=O)(=O)c2ccccc21.O=C1CS(=O)(=O)c2ccccc21.O=[N+]([O-])c1ccc(-[n+]2ccc(Oc3ccccc3)cc2)c([N+](=O)[O-])c1.[Cl-]. The summed E-state index contributed by atoms with van der Waals surface area (Å²) in [6.07, 6.45) is 7.91. The van der Waals surface area contributed by atoms with Crippen molar-refractivity contribution in [3.05, 3.63) is 253 Å². The molecule has 0 atom stereocenters. The van der Waals surface area contributed by atoms with Gasteiger partial charge in [-0.1, -0.05) is 111 Å². The van der Waals surface area contributed by atoms with E-state index in [0.717, 1.165) is 18.2 Å². The number of pyridine rings is 1. The van der Waals surface area contributed by atoms with Gasteiger partial charge >= 0.3 is 5.69 Å². The van der Waals surface area contributed by atoms with Crippen molar-refractivity contribution < 1.29 is 76.2 Å². The van der Waals surface area contributed by atoms with Crippen LogP contribution in [0.25, 0.3) is 11.4 Å². The number of hydrogen-bond donors (Lipinski definition) is 0. The number of nitrogens with zero attached hydrogens (tertiary/aromatic N) is 4. The quantitative estimate of drug-likeness (QED) is 0.0312. The minimum atomic E-state index is -4.03. The second-order valence-electron chi connectivity index (χ2n) is 17.2. The highest BCUT2D eigenvalue weighted by Gasteiger charge is 2.38. The van der Waals surface area contributed by atoms with Crippen molar-refractivity contribution in [2.24, 2.45) is 0 Å². The lowest BCUT2D eigenvalue weighted by Gasteiger charge is -2.13. The fraction of sp³-hybridized carbons (Fsp3) is 0.121. The largest absolute Gasteiger partial charge is 1.00 e. The van der Waals surface area contributed by atoms with Crippen molar-refractivity contribution in [2.75, 3.05) is 25.4 Å². The average molecular weight is 1170 g/mol. The van der Waals surface area contributed by atoms with E-state index < -0.39 is 60.7 Å². The number of nitro benzene ring substituents is 2. The lowest BCUT2D eigenvalue weighted by Crippen LogP contribution is -3.00. The molecule has 3 aliphatic heterocycles.